The van der Waals surface area contributed by atoms with Crippen molar-refractivity contribution in [3.05, 3.63) is 35.6 Å². The van der Waals surface area contributed by atoms with Gasteiger partial charge in [0.15, 0.2) is 0 Å². The predicted molar refractivity (Wildman–Crippen MR) is 67.7 cm³/mol. The van der Waals surface area contributed by atoms with E-state index >= 15 is 0 Å². The van der Waals surface area contributed by atoms with Crippen LogP contribution in [0, 0.1) is 5.82 Å². The van der Waals surface area contributed by atoms with Crippen LogP contribution in [0.1, 0.15) is 44.1 Å². The number of hydrogen-bond acceptors (Lipinski definition) is 1. The predicted octanol–water partition coefficient (Wildman–Crippen LogP) is 2.92. The molecule has 2 saturated carbocycles. The lowest BCUT2D eigenvalue weighted by molar-refractivity contribution is -0.124. The number of hydrogen-bond donors (Lipinski definition) is 1. The Morgan fingerprint density at radius 1 is 1.22 bits per heavy atom. The van der Waals surface area contributed by atoms with Crippen molar-refractivity contribution >= 4 is 5.91 Å². The van der Waals surface area contributed by atoms with Gasteiger partial charge in [0.2, 0.25) is 5.91 Å². The van der Waals surface area contributed by atoms with Crippen molar-refractivity contribution in [2.45, 2.75) is 50.0 Å². The lowest BCUT2D eigenvalue weighted by Crippen LogP contribution is -2.40. The average Bonchev–Trinajstić information content (AvgIpc) is 3.02. The molecule has 0 saturated heterocycles. The van der Waals surface area contributed by atoms with Gasteiger partial charge in [0.1, 0.15) is 5.82 Å². The molecule has 0 unspecified atom stereocenters. The largest absolute Gasteiger partial charge is 0.353 e. The van der Waals surface area contributed by atoms with Gasteiger partial charge in [0.05, 0.1) is 5.41 Å². The van der Waals surface area contributed by atoms with Gasteiger partial charge in [0, 0.05) is 11.6 Å². The second-order valence-corrected chi connectivity index (χ2v) is 5.52. The number of carbonyl (C=O) groups excluding carboxylic acids is 1. The smallest absolute Gasteiger partial charge is 0.230 e. The summed E-state index contributed by atoms with van der Waals surface area (Å²) in [6, 6.07) is 6.97. The molecule has 2 aliphatic carbocycles. The first kappa shape index (κ1) is 11.7. The van der Waals surface area contributed by atoms with Gasteiger partial charge in [-0.15, -0.1) is 0 Å². The average molecular weight is 247 g/mol. The second kappa shape index (κ2) is 4.38. The summed E-state index contributed by atoms with van der Waals surface area (Å²) in [4.78, 5) is 12.4. The van der Waals surface area contributed by atoms with E-state index in [0.717, 1.165) is 25.7 Å². The minimum Gasteiger partial charge on any atom is -0.353 e. The van der Waals surface area contributed by atoms with Crippen molar-refractivity contribution in [3.63, 3.8) is 0 Å². The summed E-state index contributed by atoms with van der Waals surface area (Å²) >= 11 is 0. The third kappa shape index (κ3) is 1.92. The number of halogens is 1. The van der Waals surface area contributed by atoms with Crippen LogP contribution < -0.4 is 5.32 Å². The molecule has 96 valence electrons. The van der Waals surface area contributed by atoms with Gasteiger partial charge in [-0.1, -0.05) is 31.0 Å². The fourth-order valence-electron chi connectivity index (χ4n) is 2.99. The third-order valence-corrected chi connectivity index (χ3v) is 4.26. The van der Waals surface area contributed by atoms with Gasteiger partial charge in [-0.2, -0.15) is 0 Å². The van der Waals surface area contributed by atoms with Crippen molar-refractivity contribution in [1.82, 2.24) is 5.32 Å². The fourth-order valence-corrected chi connectivity index (χ4v) is 2.99. The lowest BCUT2D eigenvalue weighted by Gasteiger charge is -2.19. The molecule has 0 spiro atoms. The van der Waals surface area contributed by atoms with E-state index in [1.165, 1.54) is 18.9 Å². The zero-order chi connectivity index (χ0) is 12.6. The van der Waals surface area contributed by atoms with E-state index in [2.05, 4.69) is 5.32 Å². The molecule has 0 bridgehead atoms. The third-order valence-electron chi connectivity index (χ3n) is 4.26. The molecule has 2 nitrogen and oxygen atoms in total. The summed E-state index contributed by atoms with van der Waals surface area (Å²) in [6.45, 7) is 0. The molecule has 0 radical (unpaired) electrons. The van der Waals surface area contributed by atoms with Crippen LogP contribution in [0.3, 0.4) is 0 Å². The van der Waals surface area contributed by atoms with Crippen LogP contribution in [0.15, 0.2) is 24.3 Å². The molecule has 1 aromatic rings. The van der Waals surface area contributed by atoms with Crippen molar-refractivity contribution in [1.29, 1.82) is 0 Å². The highest BCUT2D eigenvalue weighted by Gasteiger charge is 2.53. The first-order valence-electron chi connectivity index (χ1n) is 6.78. The Hall–Kier alpha value is -1.38. The molecular formula is C15H18FNO. The first-order chi connectivity index (χ1) is 8.72. The minimum atomic E-state index is -0.575. The molecule has 2 aliphatic rings. The topological polar surface area (TPSA) is 29.1 Å². The first-order valence-corrected chi connectivity index (χ1v) is 6.78. The number of benzene rings is 1. The van der Waals surface area contributed by atoms with Crippen LogP contribution in [-0.2, 0) is 10.2 Å². The van der Waals surface area contributed by atoms with E-state index < -0.39 is 5.41 Å². The van der Waals surface area contributed by atoms with Crippen molar-refractivity contribution in [3.8, 4) is 0 Å². The molecule has 3 heteroatoms. The van der Waals surface area contributed by atoms with E-state index in [9.17, 15) is 9.18 Å². The maximum Gasteiger partial charge on any atom is 0.230 e. The van der Waals surface area contributed by atoms with Crippen LogP contribution in [0.4, 0.5) is 4.39 Å². The summed E-state index contributed by atoms with van der Waals surface area (Å²) in [5.74, 6) is -0.226. The quantitative estimate of drug-likeness (QED) is 0.874. The number of amides is 1. The van der Waals surface area contributed by atoms with E-state index in [0.29, 0.717) is 11.6 Å². The molecule has 0 heterocycles. The van der Waals surface area contributed by atoms with Crippen LogP contribution in [0.25, 0.3) is 0 Å². The van der Waals surface area contributed by atoms with Crippen LogP contribution in [0.5, 0.6) is 0 Å². The Kier molecular flexibility index (Phi) is 2.84. The maximum absolute atomic E-state index is 13.8. The second-order valence-electron chi connectivity index (χ2n) is 5.52. The molecule has 0 aromatic heterocycles. The Balaban J connectivity index is 1.78. The Labute approximate surface area is 107 Å². The summed E-state index contributed by atoms with van der Waals surface area (Å²) in [5.41, 5.74) is -0.00556. The molecule has 3 rings (SSSR count). The van der Waals surface area contributed by atoms with Gasteiger partial charge >= 0.3 is 0 Å². The number of nitrogens with one attached hydrogen (secondary N) is 1. The number of rotatable bonds is 3. The van der Waals surface area contributed by atoms with Crippen molar-refractivity contribution in [2.75, 3.05) is 0 Å². The molecule has 18 heavy (non-hydrogen) atoms. The van der Waals surface area contributed by atoms with Gasteiger partial charge in [-0.25, -0.2) is 4.39 Å². The summed E-state index contributed by atoms with van der Waals surface area (Å²) in [5, 5.41) is 3.10. The molecule has 1 amide bonds. The van der Waals surface area contributed by atoms with Gasteiger partial charge in [-0.05, 0) is 31.7 Å². The highest BCUT2D eigenvalue weighted by atomic mass is 19.1. The Morgan fingerprint density at radius 3 is 2.50 bits per heavy atom. The highest BCUT2D eigenvalue weighted by Crippen LogP contribution is 2.49. The zero-order valence-electron chi connectivity index (χ0n) is 10.4. The Bertz CT molecular complexity index is 461. The zero-order valence-corrected chi connectivity index (χ0v) is 10.4. The maximum atomic E-state index is 13.8. The van der Waals surface area contributed by atoms with Gasteiger partial charge < -0.3 is 5.32 Å². The van der Waals surface area contributed by atoms with E-state index in [4.69, 9.17) is 0 Å². The summed E-state index contributed by atoms with van der Waals surface area (Å²) in [7, 11) is 0. The summed E-state index contributed by atoms with van der Waals surface area (Å²) < 4.78 is 13.8. The standard InChI is InChI=1S/C15H18FNO/c16-13-8-4-3-7-12(13)15(9-10-15)14(18)17-11-5-1-2-6-11/h3-4,7-8,11H,1-2,5-6,9-10H2,(H,17,18). The highest BCUT2D eigenvalue weighted by molar-refractivity contribution is 5.91. The van der Waals surface area contributed by atoms with Crippen LogP contribution in [0.2, 0.25) is 0 Å². The van der Waals surface area contributed by atoms with Crippen molar-refractivity contribution in [2.24, 2.45) is 0 Å². The number of carbonyl (C=O) groups is 1. The van der Waals surface area contributed by atoms with E-state index in [1.54, 1.807) is 18.2 Å². The van der Waals surface area contributed by atoms with Crippen LogP contribution in [-0.4, -0.2) is 11.9 Å². The molecule has 2 fully saturated rings. The van der Waals surface area contributed by atoms with Gasteiger partial charge in [-0.3, -0.25) is 4.79 Å². The normalized spacial score (nSPS) is 21.8. The fraction of sp³-hybridized carbons (Fsp3) is 0.533. The molecule has 1 aromatic carbocycles. The SMILES string of the molecule is O=C(NC1CCCC1)C1(c2ccccc2F)CC1. The molecule has 1 N–H and O–H groups in total. The lowest BCUT2D eigenvalue weighted by atomic mass is 9.94. The van der Waals surface area contributed by atoms with Gasteiger partial charge in [0.25, 0.3) is 0 Å². The molecule has 0 aliphatic heterocycles. The van der Waals surface area contributed by atoms with E-state index in [-0.39, 0.29) is 11.7 Å². The molecular weight excluding hydrogens is 229 g/mol. The van der Waals surface area contributed by atoms with Crippen molar-refractivity contribution < 1.29 is 9.18 Å². The Morgan fingerprint density at radius 2 is 1.89 bits per heavy atom. The van der Waals surface area contributed by atoms with E-state index in [1.807, 2.05) is 0 Å². The molecule has 0 atom stereocenters. The minimum absolute atomic E-state index is 0.0273. The van der Waals surface area contributed by atoms with Crippen LogP contribution >= 0.6 is 0 Å². The summed E-state index contributed by atoms with van der Waals surface area (Å²) in [6.07, 6.45) is 6.06. The monoisotopic (exact) mass is 247 g/mol.